The molecule has 3 rings (SSSR count). The van der Waals surface area contributed by atoms with Crippen LogP contribution < -0.4 is 0 Å². The zero-order chi connectivity index (χ0) is 14.1. The van der Waals surface area contributed by atoms with Crippen molar-refractivity contribution in [3.8, 4) is 0 Å². The number of hydrogen-bond acceptors (Lipinski definition) is 2. The van der Waals surface area contributed by atoms with Crippen LogP contribution in [-0.4, -0.2) is 17.7 Å². The molecule has 1 heterocycles. The smallest absolute Gasteiger partial charge is 0.306 e. The van der Waals surface area contributed by atoms with E-state index in [0.29, 0.717) is 25.2 Å². The van der Waals surface area contributed by atoms with Crippen molar-refractivity contribution in [2.75, 3.05) is 0 Å². The lowest BCUT2D eigenvalue weighted by atomic mass is 9.45. The average Bonchev–Trinajstić information content (AvgIpc) is 2.51. The molecule has 3 fully saturated rings. The first kappa shape index (κ1) is 13.4. The molecule has 3 aliphatic rings. The summed E-state index contributed by atoms with van der Waals surface area (Å²) in [6.45, 7) is 8.65. The number of fused-ring (bicyclic) bond motifs is 3. The number of ether oxygens (including phenoxy) is 1. The largest absolute Gasteiger partial charge is 0.459 e. The van der Waals surface area contributed by atoms with Crippen molar-refractivity contribution in [3.05, 3.63) is 0 Å². The third-order valence-corrected chi connectivity index (χ3v) is 6.33. The van der Waals surface area contributed by atoms with E-state index in [1.165, 1.54) is 0 Å². The molecule has 1 aliphatic heterocycles. The summed E-state index contributed by atoms with van der Waals surface area (Å²) in [5.41, 5.74) is -0.421. The fourth-order valence-electron chi connectivity index (χ4n) is 5.75. The molecule has 3 heteroatoms. The standard InChI is InChI=1S/C16H25FO2/c1-14(2)8-10(17)9-15(3)11(14)5-6-16(4)12(15)7-13(18)19-16/h10-12H,5-9H2,1-4H3/t10?,11-,12?,15-,16+/m0/s1. The Labute approximate surface area is 115 Å². The molecule has 2 unspecified atom stereocenters. The first-order valence-corrected chi connectivity index (χ1v) is 7.53. The first-order valence-electron chi connectivity index (χ1n) is 7.53. The number of halogens is 1. The van der Waals surface area contributed by atoms with Crippen molar-refractivity contribution in [2.45, 2.75) is 71.6 Å². The highest BCUT2D eigenvalue weighted by Gasteiger charge is 2.64. The van der Waals surface area contributed by atoms with Gasteiger partial charge >= 0.3 is 5.97 Å². The van der Waals surface area contributed by atoms with Crippen LogP contribution in [-0.2, 0) is 9.53 Å². The highest BCUT2D eigenvalue weighted by molar-refractivity contribution is 5.73. The lowest BCUT2D eigenvalue weighted by Gasteiger charge is -2.60. The van der Waals surface area contributed by atoms with Crippen LogP contribution in [0.4, 0.5) is 4.39 Å². The average molecular weight is 268 g/mol. The first-order chi connectivity index (χ1) is 8.67. The van der Waals surface area contributed by atoms with E-state index < -0.39 is 6.17 Å². The summed E-state index contributed by atoms with van der Waals surface area (Å²) >= 11 is 0. The Bertz CT molecular complexity index is 419. The normalized spacial score (nSPS) is 52.3. The van der Waals surface area contributed by atoms with Crippen LogP contribution in [0.1, 0.15) is 59.8 Å². The Balaban J connectivity index is 2.02. The van der Waals surface area contributed by atoms with Gasteiger partial charge in [0.1, 0.15) is 11.8 Å². The number of hydrogen-bond donors (Lipinski definition) is 0. The van der Waals surface area contributed by atoms with Gasteiger partial charge in [-0.15, -0.1) is 0 Å². The molecule has 0 spiro atoms. The van der Waals surface area contributed by atoms with Crippen LogP contribution >= 0.6 is 0 Å². The SMILES string of the molecule is CC1(C)CC(F)C[C@]2(C)C3CC(=O)O[C@]3(C)CC[C@@H]12. The van der Waals surface area contributed by atoms with Gasteiger partial charge in [0.15, 0.2) is 0 Å². The Morgan fingerprint density at radius 3 is 2.53 bits per heavy atom. The quantitative estimate of drug-likeness (QED) is 0.623. The maximum atomic E-state index is 14.2. The lowest BCUT2D eigenvalue weighted by molar-refractivity contribution is -0.171. The molecule has 0 radical (unpaired) electrons. The molecule has 5 atom stereocenters. The van der Waals surface area contributed by atoms with E-state index >= 15 is 0 Å². The van der Waals surface area contributed by atoms with E-state index in [1.807, 2.05) is 0 Å². The second-order valence-electron chi connectivity index (χ2n) is 8.13. The third kappa shape index (κ3) is 1.76. The molecule has 19 heavy (non-hydrogen) atoms. The van der Waals surface area contributed by atoms with E-state index in [9.17, 15) is 9.18 Å². The van der Waals surface area contributed by atoms with Crippen LogP contribution in [0.15, 0.2) is 0 Å². The number of alkyl halides is 1. The molecule has 0 aromatic rings. The van der Waals surface area contributed by atoms with Crippen LogP contribution in [0.25, 0.3) is 0 Å². The van der Waals surface area contributed by atoms with Gasteiger partial charge in [0, 0.05) is 5.92 Å². The van der Waals surface area contributed by atoms with E-state index in [2.05, 4.69) is 27.7 Å². The number of esters is 1. The van der Waals surface area contributed by atoms with Gasteiger partial charge in [-0.3, -0.25) is 4.79 Å². The van der Waals surface area contributed by atoms with Crippen LogP contribution in [0.5, 0.6) is 0 Å². The molecular formula is C16H25FO2. The van der Waals surface area contributed by atoms with Crippen molar-refractivity contribution >= 4 is 5.97 Å². The Hall–Kier alpha value is -0.600. The minimum absolute atomic E-state index is 0.0272. The van der Waals surface area contributed by atoms with Crippen molar-refractivity contribution in [1.82, 2.24) is 0 Å². The molecule has 0 amide bonds. The van der Waals surface area contributed by atoms with Crippen molar-refractivity contribution in [3.63, 3.8) is 0 Å². The highest BCUT2D eigenvalue weighted by atomic mass is 19.1. The van der Waals surface area contributed by atoms with Gasteiger partial charge in [-0.2, -0.15) is 0 Å². The van der Waals surface area contributed by atoms with Crippen LogP contribution in [0, 0.1) is 22.7 Å². The summed E-state index contributed by atoms with van der Waals surface area (Å²) in [6.07, 6.45) is 2.98. The predicted octanol–water partition coefficient (Wildman–Crippen LogP) is 3.88. The lowest BCUT2D eigenvalue weighted by Crippen LogP contribution is -2.57. The van der Waals surface area contributed by atoms with E-state index in [0.717, 1.165) is 12.8 Å². The fourth-order valence-corrected chi connectivity index (χ4v) is 5.75. The molecule has 2 saturated carbocycles. The monoisotopic (exact) mass is 268 g/mol. The Morgan fingerprint density at radius 2 is 1.84 bits per heavy atom. The maximum Gasteiger partial charge on any atom is 0.306 e. The van der Waals surface area contributed by atoms with Crippen molar-refractivity contribution in [1.29, 1.82) is 0 Å². The highest BCUT2D eigenvalue weighted by Crippen LogP contribution is 2.65. The summed E-state index contributed by atoms with van der Waals surface area (Å²) < 4.78 is 19.9. The van der Waals surface area contributed by atoms with Gasteiger partial charge < -0.3 is 4.74 Å². The number of carbonyl (C=O) groups is 1. The minimum atomic E-state index is -0.741. The molecule has 1 saturated heterocycles. The fraction of sp³-hybridized carbons (Fsp3) is 0.938. The van der Waals surface area contributed by atoms with E-state index in [4.69, 9.17) is 4.74 Å². The number of rotatable bonds is 0. The molecule has 108 valence electrons. The van der Waals surface area contributed by atoms with Crippen molar-refractivity contribution in [2.24, 2.45) is 22.7 Å². The van der Waals surface area contributed by atoms with Gasteiger partial charge in [0.2, 0.25) is 0 Å². The molecule has 0 N–H and O–H groups in total. The number of carbonyl (C=O) groups excluding carboxylic acids is 1. The zero-order valence-corrected chi connectivity index (χ0v) is 12.5. The third-order valence-electron chi connectivity index (χ3n) is 6.33. The molecule has 0 bridgehead atoms. The van der Waals surface area contributed by atoms with E-state index in [-0.39, 0.29) is 28.3 Å². The van der Waals surface area contributed by atoms with E-state index in [1.54, 1.807) is 0 Å². The molecule has 2 aliphatic carbocycles. The summed E-state index contributed by atoms with van der Waals surface area (Å²) in [7, 11) is 0. The molecular weight excluding hydrogens is 243 g/mol. The van der Waals surface area contributed by atoms with Gasteiger partial charge in [0.05, 0.1) is 6.42 Å². The molecule has 2 nitrogen and oxygen atoms in total. The van der Waals surface area contributed by atoms with Gasteiger partial charge in [-0.05, 0) is 49.4 Å². The van der Waals surface area contributed by atoms with Gasteiger partial charge in [0.25, 0.3) is 0 Å². The Kier molecular flexibility index (Phi) is 2.63. The van der Waals surface area contributed by atoms with Crippen molar-refractivity contribution < 1.29 is 13.9 Å². The molecule has 0 aromatic heterocycles. The van der Waals surface area contributed by atoms with Gasteiger partial charge in [-0.25, -0.2) is 4.39 Å². The molecule has 0 aromatic carbocycles. The summed E-state index contributed by atoms with van der Waals surface area (Å²) in [6, 6.07) is 0. The van der Waals surface area contributed by atoms with Crippen LogP contribution in [0.2, 0.25) is 0 Å². The van der Waals surface area contributed by atoms with Gasteiger partial charge in [-0.1, -0.05) is 20.8 Å². The summed E-state index contributed by atoms with van der Waals surface area (Å²) in [5, 5.41) is 0. The zero-order valence-electron chi connectivity index (χ0n) is 12.5. The second kappa shape index (κ2) is 3.73. The predicted molar refractivity (Wildman–Crippen MR) is 71.3 cm³/mol. The topological polar surface area (TPSA) is 26.3 Å². The second-order valence-corrected chi connectivity index (χ2v) is 8.13. The van der Waals surface area contributed by atoms with Crippen LogP contribution in [0.3, 0.4) is 0 Å². The maximum absolute atomic E-state index is 14.2. The summed E-state index contributed by atoms with van der Waals surface area (Å²) in [5.74, 6) is 0.594. The Morgan fingerprint density at radius 1 is 1.16 bits per heavy atom. The summed E-state index contributed by atoms with van der Waals surface area (Å²) in [4.78, 5) is 11.8. The minimum Gasteiger partial charge on any atom is -0.459 e.